The summed E-state index contributed by atoms with van der Waals surface area (Å²) in [6, 6.07) is 10.3. The first-order valence-electron chi connectivity index (χ1n) is 6.33. The quantitative estimate of drug-likeness (QED) is 0.867. The summed E-state index contributed by atoms with van der Waals surface area (Å²) in [5.41, 5.74) is 2.51. The van der Waals surface area contributed by atoms with Crippen molar-refractivity contribution in [2.45, 2.75) is 25.3 Å². The average molecular weight is 370 g/mol. The van der Waals surface area contributed by atoms with Gasteiger partial charge in [-0.2, -0.15) is 0 Å². The van der Waals surface area contributed by atoms with Gasteiger partial charge in [-0.1, -0.05) is 34.1 Å². The van der Waals surface area contributed by atoms with Gasteiger partial charge in [0.1, 0.15) is 0 Å². The van der Waals surface area contributed by atoms with E-state index < -0.39 is 10.0 Å². The molecule has 0 aliphatic carbocycles. The molecule has 2 aromatic carbocycles. The molecule has 0 spiro atoms. The molecule has 0 radical (unpaired) electrons. The van der Waals surface area contributed by atoms with Crippen LogP contribution in [0.4, 0.5) is 5.69 Å². The topological polar surface area (TPSA) is 66.4 Å². The summed E-state index contributed by atoms with van der Waals surface area (Å²) in [5.74, 6) is 0. The molecule has 2 rings (SSSR count). The zero-order chi connectivity index (χ0) is 15.6. The average Bonchev–Trinajstić information content (AvgIpc) is 2.42. The van der Waals surface area contributed by atoms with E-state index in [9.17, 15) is 13.5 Å². The van der Waals surface area contributed by atoms with Crippen LogP contribution in [0.2, 0.25) is 0 Å². The molecule has 0 heterocycles. The third kappa shape index (κ3) is 3.45. The number of benzene rings is 2. The Morgan fingerprint density at radius 1 is 1.19 bits per heavy atom. The van der Waals surface area contributed by atoms with Gasteiger partial charge in [0.2, 0.25) is 0 Å². The van der Waals surface area contributed by atoms with Crippen molar-refractivity contribution < 1.29 is 13.5 Å². The maximum Gasteiger partial charge on any atom is 0.262 e. The van der Waals surface area contributed by atoms with Crippen molar-refractivity contribution in [3.63, 3.8) is 0 Å². The maximum absolute atomic E-state index is 12.5. The first-order valence-corrected chi connectivity index (χ1v) is 8.61. The zero-order valence-corrected chi connectivity index (χ0v) is 14.1. The Labute approximate surface area is 133 Å². The first kappa shape index (κ1) is 16.0. The molecule has 21 heavy (non-hydrogen) atoms. The van der Waals surface area contributed by atoms with Crippen molar-refractivity contribution in [1.82, 2.24) is 0 Å². The standard InChI is InChI=1S/C15H16BrNO3S/c1-10-6-7-13(16)8-14(10)17-21(19,20)15-5-3-4-12(9-18)11(15)2/h3-8,17-18H,9H2,1-2H3. The Hall–Kier alpha value is -1.37. The van der Waals surface area contributed by atoms with Crippen LogP contribution >= 0.6 is 15.9 Å². The van der Waals surface area contributed by atoms with Crippen LogP contribution in [0, 0.1) is 13.8 Å². The van der Waals surface area contributed by atoms with Crippen LogP contribution < -0.4 is 4.72 Å². The van der Waals surface area contributed by atoms with Crippen molar-refractivity contribution in [2.24, 2.45) is 0 Å². The van der Waals surface area contributed by atoms with Gasteiger partial charge in [0.25, 0.3) is 10.0 Å². The lowest BCUT2D eigenvalue weighted by Gasteiger charge is -2.14. The van der Waals surface area contributed by atoms with E-state index >= 15 is 0 Å². The van der Waals surface area contributed by atoms with Gasteiger partial charge in [-0.15, -0.1) is 0 Å². The highest BCUT2D eigenvalue weighted by atomic mass is 79.9. The number of nitrogens with one attached hydrogen (secondary N) is 1. The number of halogens is 1. The predicted octanol–water partition coefficient (Wildman–Crippen LogP) is 3.36. The van der Waals surface area contributed by atoms with E-state index in [0.29, 0.717) is 16.8 Å². The number of rotatable bonds is 4. The lowest BCUT2D eigenvalue weighted by Crippen LogP contribution is -2.15. The van der Waals surface area contributed by atoms with Gasteiger partial charge in [-0.25, -0.2) is 8.42 Å². The molecule has 0 fully saturated rings. The summed E-state index contributed by atoms with van der Waals surface area (Å²) in [5, 5.41) is 9.26. The van der Waals surface area contributed by atoms with Crippen LogP contribution in [0.15, 0.2) is 45.8 Å². The van der Waals surface area contributed by atoms with E-state index in [-0.39, 0.29) is 11.5 Å². The van der Waals surface area contributed by atoms with Crippen molar-refractivity contribution in [2.75, 3.05) is 4.72 Å². The number of aliphatic hydroxyl groups excluding tert-OH is 1. The number of aliphatic hydroxyl groups is 1. The maximum atomic E-state index is 12.5. The summed E-state index contributed by atoms with van der Waals surface area (Å²) in [7, 11) is -3.70. The van der Waals surface area contributed by atoms with Crippen molar-refractivity contribution >= 4 is 31.6 Å². The largest absolute Gasteiger partial charge is 0.392 e. The molecule has 0 bridgehead atoms. The van der Waals surface area contributed by atoms with Crippen LogP contribution in [0.1, 0.15) is 16.7 Å². The summed E-state index contributed by atoms with van der Waals surface area (Å²) in [6.45, 7) is 3.33. The monoisotopic (exact) mass is 369 g/mol. The van der Waals surface area contributed by atoms with Crippen LogP contribution in [-0.4, -0.2) is 13.5 Å². The normalized spacial score (nSPS) is 11.4. The zero-order valence-electron chi connectivity index (χ0n) is 11.7. The fraction of sp³-hybridized carbons (Fsp3) is 0.200. The van der Waals surface area contributed by atoms with Crippen LogP contribution in [0.5, 0.6) is 0 Å². The predicted molar refractivity (Wildman–Crippen MR) is 86.8 cm³/mol. The van der Waals surface area contributed by atoms with Gasteiger partial charge in [-0.05, 0) is 48.7 Å². The Kier molecular flexibility index (Phi) is 4.70. The van der Waals surface area contributed by atoms with Gasteiger partial charge in [0.15, 0.2) is 0 Å². The van der Waals surface area contributed by atoms with E-state index in [1.54, 1.807) is 25.1 Å². The molecule has 0 aromatic heterocycles. The van der Waals surface area contributed by atoms with E-state index in [1.807, 2.05) is 19.1 Å². The fourth-order valence-corrected chi connectivity index (χ4v) is 3.80. The van der Waals surface area contributed by atoms with Gasteiger partial charge in [0, 0.05) is 4.47 Å². The Balaban J connectivity index is 2.46. The van der Waals surface area contributed by atoms with E-state index in [4.69, 9.17) is 0 Å². The second-order valence-electron chi connectivity index (χ2n) is 4.76. The molecular weight excluding hydrogens is 354 g/mol. The smallest absolute Gasteiger partial charge is 0.262 e. The van der Waals surface area contributed by atoms with Crippen LogP contribution in [0.3, 0.4) is 0 Å². The van der Waals surface area contributed by atoms with Gasteiger partial charge in [0.05, 0.1) is 17.2 Å². The van der Waals surface area contributed by atoms with Crippen molar-refractivity contribution in [1.29, 1.82) is 0 Å². The minimum Gasteiger partial charge on any atom is -0.392 e. The second kappa shape index (κ2) is 6.17. The second-order valence-corrected chi connectivity index (χ2v) is 7.33. The molecule has 0 unspecified atom stereocenters. The molecule has 0 aliphatic heterocycles. The van der Waals surface area contributed by atoms with Crippen molar-refractivity contribution in [3.05, 3.63) is 57.6 Å². The number of sulfonamides is 1. The summed E-state index contributed by atoms with van der Waals surface area (Å²) >= 11 is 3.33. The highest BCUT2D eigenvalue weighted by Gasteiger charge is 2.19. The van der Waals surface area contributed by atoms with Gasteiger partial charge < -0.3 is 5.11 Å². The highest BCUT2D eigenvalue weighted by Crippen LogP contribution is 2.26. The van der Waals surface area contributed by atoms with Crippen LogP contribution in [0.25, 0.3) is 0 Å². The first-order chi connectivity index (χ1) is 9.85. The van der Waals surface area contributed by atoms with Crippen molar-refractivity contribution in [3.8, 4) is 0 Å². The molecular formula is C15H16BrNO3S. The third-order valence-corrected chi connectivity index (χ3v) is 5.30. The molecule has 2 aromatic rings. The molecule has 0 aliphatic rings. The Morgan fingerprint density at radius 3 is 2.57 bits per heavy atom. The SMILES string of the molecule is Cc1ccc(Br)cc1NS(=O)(=O)c1cccc(CO)c1C. The number of hydrogen-bond acceptors (Lipinski definition) is 3. The molecule has 6 heteroatoms. The molecule has 112 valence electrons. The number of aryl methyl sites for hydroxylation is 1. The summed E-state index contributed by atoms with van der Waals surface area (Å²) in [6.07, 6.45) is 0. The minimum atomic E-state index is -3.70. The lowest BCUT2D eigenvalue weighted by molar-refractivity contribution is 0.280. The fourth-order valence-electron chi connectivity index (χ4n) is 2.03. The third-order valence-electron chi connectivity index (χ3n) is 3.30. The minimum absolute atomic E-state index is 0.174. The molecule has 0 atom stereocenters. The van der Waals surface area contributed by atoms with E-state index in [2.05, 4.69) is 20.7 Å². The Bertz CT molecular complexity index is 772. The van der Waals surface area contributed by atoms with Gasteiger partial charge in [-0.3, -0.25) is 4.72 Å². The molecule has 0 saturated carbocycles. The molecule has 0 saturated heterocycles. The number of hydrogen-bond donors (Lipinski definition) is 2. The van der Waals surface area contributed by atoms with Gasteiger partial charge >= 0.3 is 0 Å². The molecule has 2 N–H and O–H groups in total. The molecule has 4 nitrogen and oxygen atoms in total. The summed E-state index contributed by atoms with van der Waals surface area (Å²) < 4.78 is 28.5. The highest BCUT2D eigenvalue weighted by molar-refractivity contribution is 9.10. The Morgan fingerprint density at radius 2 is 1.90 bits per heavy atom. The van der Waals surface area contributed by atoms with Crippen LogP contribution in [-0.2, 0) is 16.6 Å². The van der Waals surface area contributed by atoms with E-state index in [0.717, 1.165) is 10.0 Å². The number of anilines is 1. The lowest BCUT2D eigenvalue weighted by atomic mass is 10.1. The van der Waals surface area contributed by atoms with E-state index in [1.165, 1.54) is 6.07 Å². The molecule has 0 amide bonds. The summed E-state index contributed by atoms with van der Waals surface area (Å²) in [4.78, 5) is 0.174.